The van der Waals surface area contributed by atoms with Crippen molar-refractivity contribution in [2.45, 2.75) is 39.7 Å². The quantitative estimate of drug-likeness (QED) is 0.763. The molecule has 24 heavy (non-hydrogen) atoms. The Balaban J connectivity index is 0.00000264. The topological polar surface area (TPSA) is 71.5 Å². The van der Waals surface area contributed by atoms with Crippen molar-refractivity contribution in [3.8, 4) is 0 Å². The van der Waals surface area contributed by atoms with E-state index >= 15 is 0 Å². The molecule has 1 aliphatic heterocycles. The monoisotopic (exact) mass is 379 g/mol. The molecule has 1 aliphatic rings. The SMILES string of the molecule is CC(C)CCN1CCC(CNC(=O)c2coc(CN)c2)CC1.Cl.Cl. The van der Waals surface area contributed by atoms with Gasteiger partial charge in [-0.05, 0) is 56.8 Å². The van der Waals surface area contributed by atoms with Gasteiger partial charge in [0.15, 0.2) is 0 Å². The molecule has 0 saturated carbocycles. The van der Waals surface area contributed by atoms with Gasteiger partial charge >= 0.3 is 0 Å². The van der Waals surface area contributed by atoms with Crippen molar-refractivity contribution in [2.75, 3.05) is 26.2 Å². The molecule has 0 aromatic carbocycles. The van der Waals surface area contributed by atoms with Gasteiger partial charge in [-0.3, -0.25) is 4.79 Å². The average molecular weight is 380 g/mol. The number of nitrogens with one attached hydrogen (secondary N) is 1. The normalized spacial score (nSPS) is 15.7. The number of nitrogens with zero attached hydrogens (tertiary/aromatic N) is 1. The maximum absolute atomic E-state index is 12.0. The number of hydrogen-bond donors (Lipinski definition) is 2. The van der Waals surface area contributed by atoms with Crippen LogP contribution in [0.1, 0.15) is 49.2 Å². The Hall–Kier alpha value is -0.750. The maximum atomic E-state index is 12.0. The van der Waals surface area contributed by atoms with Crippen LogP contribution < -0.4 is 11.1 Å². The van der Waals surface area contributed by atoms with E-state index in [2.05, 4.69) is 24.1 Å². The second-order valence-corrected chi connectivity index (χ2v) is 6.68. The first-order valence-electron chi connectivity index (χ1n) is 8.36. The highest BCUT2D eigenvalue weighted by atomic mass is 35.5. The standard InChI is InChI=1S/C17H29N3O2.2ClH/c1-13(2)3-6-20-7-4-14(5-8-20)11-19-17(21)15-9-16(10-18)22-12-15;;/h9,12-14H,3-8,10-11,18H2,1-2H3,(H,19,21);2*1H. The van der Waals surface area contributed by atoms with Crippen LogP contribution in [-0.2, 0) is 6.54 Å². The van der Waals surface area contributed by atoms with E-state index in [0.717, 1.165) is 38.4 Å². The fourth-order valence-corrected chi connectivity index (χ4v) is 2.80. The number of carbonyl (C=O) groups is 1. The Bertz CT molecular complexity index is 472. The molecule has 5 nitrogen and oxygen atoms in total. The van der Waals surface area contributed by atoms with Gasteiger partial charge in [-0.15, -0.1) is 24.8 Å². The molecule has 0 spiro atoms. The van der Waals surface area contributed by atoms with Crippen molar-refractivity contribution < 1.29 is 9.21 Å². The summed E-state index contributed by atoms with van der Waals surface area (Å²) in [4.78, 5) is 14.6. The Morgan fingerprint density at radius 2 is 2.04 bits per heavy atom. The lowest BCUT2D eigenvalue weighted by Gasteiger charge is -2.32. The molecule has 1 amide bonds. The molecule has 0 unspecified atom stereocenters. The highest BCUT2D eigenvalue weighted by Crippen LogP contribution is 2.17. The van der Waals surface area contributed by atoms with Gasteiger partial charge in [0.1, 0.15) is 12.0 Å². The zero-order valence-electron chi connectivity index (χ0n) is 14.6. The number of rotatable bonds is 7. The molecule has 7 heteroatoms. The van der Waals surface area contributed by atoms with Gasteiger partial charge < -0.3 is 20.4 Å². The Kier molecular flexibility index (Phi) is 11.4. The summed E-state index contributed by atoms with van der Waals surface area (Å²) >= 11 is 0. The van der Waals surface area contributed by atoms with Crippen LogP contribution in [0.5, 0.6) is 0 Å². The van der Waals surface area contributed by atoms with Crippen molar-refractivity contribution in [1.82, 2.24) is 10.2 Å². The lowest BCUT2D eigenvalue weighted by molar-refractivity contribution is 0.0934. The lowest BCUT2D eigenvalue weighted by Crippen LogP contribution is -2.39. The molecule has 2 rings (SSSR count). The summed E-state index contributed by atoms with van der Waals surface area (Å²) in [5.74, 6) is 1.93. The Morgan fingerprint density at radius 1 is 1.38 bits per heavy atom. The minimum absolute atomic E-state index is 0. The smallest absolute Gasteiger partial charge is 0.254 e. The predicted octanol–water partition coefficient (Wildman–Crippen LogP) is 3.07. The minimum Gasteiger partial charge on any atom is -0.467 e. The third-order valence-electron chi connectivity index (χ3n) is 4.40. The Labute approximate surface area is 157 Å². The van der Waals surface area contributed by atoms with Gasteiger partial charge in [-0.1, -0.05) is 13.8 Å². The number of furan rings is 1. The molecule has 0 radical (unpaired) electrons. The Morgan fingerprint density at radius 3 is 2.58 bits per heavy atom. The van der Waals surface area contributed by atoms with E-state index in [1.54, 1.807) is 6.07 Å². The summed E-state index contributed by atoms with van der Waals surface area (Å²) < 4.78 is 5.19. The third kappa shape index (κ3) is 7.43. The molecular weight excluding hydrogens is 349 g/mol. The van der Waals surface area contributed by atoms with Crippen LogP contribution in [0.15, 0.2) is 16.7 Å². The largest absolute Gasteiger partial charge is 0.467 e. The molecule has 140 valence electrons. The number of likely N-dealkylation sites (tertiary alicyclic amines) is 1. The zero-order chi connectivity index (χ0) is 15.9. The van der Waals surface area contributed by atoms with Crippen molar-refractivity contribution >= 4 is 30.7 Å². The van der Waals surface area contributed by atoms with E-state index in [-0.39, 0.29) is 30.7 Å². The highest BCUT2D eigenvalue weighted by molar-refractivity contribution is 5.93. The number of piperidine rings is 1. The van der Waals surface area contributed by atoms with E-state index in [1.165, 1.54) is 19.2 Å². The van der Waals surface area contributed by atoms with Crippen LogP contribution in [-0.4, -0.2) is 37.0 Å². The minimum atomic E-state index is -0.0642. The van der Waals surface area contributed by atoms with Gasteiger partial charge in [0.2, 0.25) is 0 Å². The molecule has 1 aromatic rings. The number of hydrogen-bond acceptors (Lipinski definition) is 4. The first-order chi connectivity index (χ1) is 10.6. The highest BCUT2D eigenvalue weighted by Gasteiger charge is 2.20. The molecule has 0 bridgehead atoms. The zero-order valence-corrected chi connectivity index (χ0v) is 16.3. The van der Waals surface area contributed by atoms with Gasteiger partial charge in [-0.25, -0.2) is 0 Å². The summed E-state index contributed by atoms with van der Waals surface area (Å²) in [7, 11) is 0. The molecular formula is C17H31Cl2N3O2. The second-order valence-electron chi connectivity index (χ2n) is 6.68. The van der Waals surface area contributed by atoms with Gasteiger partial charge in [0.25, 0.3) is 5.91 Å². The third-order valence-corrected chi connectivity index (χ3v) is 4.40. The number of halogens is 2. The van der Waals surface area contributed by atoms with E-state index < -0.39 is 0 Å². The van der Waals surface area contributed by atoms with E-state index in [0.29, 0.717) is 23.8 Å². The van der Waals surface area contributed by atoms with Crippen molar-refractivity contribution in [2.24, 2.45) is 17.6 Å². The van der Waals surface area contributed by atoms with Gasteiger partial charge in [0, 0.05) is 6.54 Å². The molecule has 1 aromatic heterocycles. The summed E-state index contributed by atoms with van der Waals surface area (Å²) in [6.07, 6.45) is 5.08. The number of amides is 1. The van der Waals surface area contributed by atoms with E-state index in [1.807, 2.05) is 0 Å². The second kappa shape index (κ2) is 11.7. The first kappa shape index (κ1) is 23.2. The fraction of sp³-hybridized carbons (Fsp3) is 0.706. The summed E-state index contributed by atoms with van der Waals surface area (Å²) in [6.45, 7) is 9.12. The van der Waals surface area contributed by atoms with Crippen LogP contribution in [0.2, 0.25) is 0 Å². The van der Waals surface area contributed by atoms with E-state index in [4.69, 9.17) is 10.2 Å². The van der Waals surface area contributed by atoms with Crippen LogP contribution in [0, 0.1) is 11.8 Å². The number of carbonyl (C=O) groups excluding carboxylic acids is 1. The molecule has 1 saturated heterocycles. The van der Waals surface area contributed by atoms with Crippen molar-refractivity contribution in [3.05, 3.63) is 23.7 Å². The summed E-state index contributed by atoms with van der Waals surface area (Å²) in [5, 5.41) is 3.01. The maximum Gasteiger partial charge on any atom is 0.254 e. The van der Waals surface area contributed by atoms with Crippen molar-refractivity contribution in [3.63, 3.8) is 0 Å². The molecule has 2 heterocycles. The van der Waals surface area contributed by atoms with Crippen LogP contribution in [0.3, 0.4) is 0 Å². The molecule has 3 N–H and O–H groups in total. The average Bonchev–Trinajstić information content (AvgIpc) is 3.00. The fourth-order valence-electron chi connectivity index (χ4n) is 2.80. The van der Waals surface area contributed by atoms with Crippen molar-refractivity contribution in [1.29, 1.82) is 0 Å². The summed E-state index contributed by atoms with van der Waals surface area (Å²) in [6, 6.07) is 1.71. The predicted molar refractivity (Wildman–Crippen MR) is 102 cm³/mol. The molecule has 0 atom stereocenters. The van der Waals surface area contributed by atoms with Crippen LogP contribution >= 0.6 is 24.8 Å². The first-order valence-corrected chi connectivity index (χ1v) is 8.36. The molecule has 0 aliphatic carbocycles. The van der Waals surface area contributed by atoms with Crippen LogP contribution in [0.25, 0.3) is 0 Å². The molecule has 1 fully saturated rings. The lowest BCUT2D eigenvalue weighted by atomic mass is 9.96. The summed E-state index contributed by atoms with van der Waals surface area (Å²) in [5.41, 5.74) is 6.04. The van der Waals surface area contributed by atoms with Gasteiger partial charge in [-0.2, -0.15) is 0 Å². The van der Waals surface area contributed by atoms with Gasteiger partial charge in [0.05, 0.1) is 12.1 Å². The van der Waals surface area contributed by atoms with Crippen LogP contribution in [0.4, 0.5) is 0 Å². The van der Waals surface area contributed by atoms with E-state index in [9.17, 15) is 4.79 Å². The number of nitrogens with two attached hydrogens (primary N) is 1.